The molecule has 2 aromatic rings. The zero-order valence-corrected chi connectivity index (χ0v) is 15.1. The third-order valence-electron chi connectivity index (χ3n) is 3.38. The lowest BCUT2D eigenvalue weighted by Gasteiger charge is -2.08. The van der Waals surface area contributed by atoms with Crippen LogP contribution in [0.15, 0.2) is 34.9 Å². The fraction of sp³-hybridized carbons (Fsp3) is 0.389. The lowest BCUT2D eigenvalue weighted by Crippen LogP contribution is -2.34. The topological polar surface area (TPSA) is 84.2 Å². The summed E-state index contributed by atoms with van der Waals surface area (Å²) in [5, 5.41) is 6.07. The minimum atomic E-state index is -0.144. The van der Waals surface area contributed by atoms with Crippen molar-refractivity contribution in [1.29, 1.82) is 0 Å². The second kappa shape index (κ2) is 9.22. The molecule has 0 saturated heterocycles. The molecule has 0 aliphatic carbocycles. The summed E-state index contributed by atoms with van der Waals surface area (Å²) in [5.41, 5.74) is 0.767. The summed E-state index contributed by atoms with van der Waals surface area (Å²) < 4.78 is 5.65. The summed E-state index contributed by atoms with van der Waals surface area (Å²) in [4.78, 5) is 27.5. The standard InChI is InChI=1S/C18H22ClN3O3/c1-12(2)22-17(24)9-10-20-16(23)7-8-18-21-11-15(25-18)13-5-3-4-6-14(13)19/h3-6,11-12H,7-10H2,1-2H3,(H,20,23)(H,22,24). The molecule has 0 spiro atoms. The van der Waals surface area contributed by atoms with E-state index >= 15 is 0 Å². The summed E-state index contributed by atoms with van der Waals surface area (Å²) in [5.74, 6) is 0.830. The Kier molecular flexibility index (Phi) is 7.01. The number of carbonyl (C=O) groups is 2. The molecule has 1 aromatic heterocycles. The number of carbonyl (C=O) groups excluding carboxylic acids is 2. The van der Waals surface area contributed by atoms with E-state index in [0.717, 1.165) is 5.56 Å². The maximum Gasteiger partial charge on any atom is 0.221 e. The van der Waals surface area contributed by atoms with Crippen molar-refractivity contribution in [2.75, 3.05) is 6.54 Å². The number of hydrogen-bond acceptors (Lipinski definition) is 4. The van der Waals surface area contributed by atoms with E-state index < -0.39 is 0 Å². The second-order valence-corrected chi connectivity index (χ2v) is 6.33. The van der Waals surface area contributed by atoms with E-state index in [-0.39, 0.29) is 30.7 Å². The average Bonchev–Trinajstić information content (AvgIpc) is 3.01. The van der Waals surface area contributed by atoms with Crippen LogP contribution in [0.3, 0.4) is 0 Å². The van der Waals surface area contributed by atoms with Gasteiger partial charge in [-0.1, -0.05) is 23.7 Å². The number of oxazole rings is 1. The number of nitrogens with one attached hydrogen (secondary N) is 2. The second-order valence-electron chi connectivity index (χ2n) is 5.92. The number of benzene rings is 1. The normalized spacial score (nSPS) is 10.7. The molecule has 25 heavy (non-hydrogen) atoms. The van der Waals surface area contributed by atoms with Gasteiger partial charge < -0.3 is 15.1 Å². The average molecular weight is 364 g/mol. The minimum absolute atomic E-state index is 0.0765. The van der Waals surface area contributed by atoms with Crippen molar-refractivity contribution in [3.63, 3.8) is 0 Å². The highest BCUT2D eigenvalue weighted by Crippen LogP contribution is 2.28. The van der Waals surface area contributed by atoms with Crippen LogP contribution in [0.2, 0.25) is 5.02 Å². The Balaban J connectivity index is 1.76. The summed E-state index contributed by atoms with van der Waals surface area (Å²) in [6.07, 6.45) is 2.49. The van der Waals surface area contributed by atoms with Crippen molar-refractivity contribution in [1.82, 2.24) is 15.6 Å². The Labute approximate surface area is 152 Å². The molecule has 6 nitrogen and oxygen atoms in total. The Hall–Kier alpha value is -2.34. The molecule has 0 aliphatic heterocycles. The molecule has 0 fully saturated rings. The lowest BCUT2D eigenvalue weighted by molar-refractivity contribution is -0.122. The molecule has 134 valence electrons. The van der Waals surface area contributed by atoms with E-state index in [1.54, 1.807) is 12.3 Å². The van der Waals surface area contributed by atoms with Crippen LogP contribution in [-0.2, 0) is 16.0 Å². The van der Waals surface area contributed by atoms with Crippen molar-refractivity contribution in [2.45, 2.75) is 39.2 Å². The Morgan fingerprint density at radius 1 is 1.20 bits per heavy atom. The predicted molar refractivity (Wildman–Crippen MR) is 96.2 cm³/mol. The van der Waals surface area contributed by atoms with Gasteiger partial charge in [-0.25, -0.2) is 4.98 Å². The van der Waals surface area contributed by atoms with Crippen molar-refractivity contribution >= 4 is 23.4 Å². The van der Waals surface area contributed by atoms with Crippen LogP contribution >= 0.6 is 11.6 Å². The fourth-order valence-electron chi connectivity index (χ4n) is 2.23. The van der Waals surface area contributed by atoms with Gasteiger partial charge >= 0.3 is 0 Å². The van der Waals surface area contributed by atoms with Crippen LogP contribution in [0.25, 0.3) is 11.3 Å². The van der Waals surface area contributed by atoms with Gasteiger partial charge in [0.25, 0.3) is 0 Å². The molecule has 7 heteroatoms. The van der Waals surface area contributed by atoms with Gasteiger partial charge in [0.2, 0.25) is 11.8 Å². The Bertz CT molecular complexity index is 728. The van der Waals surface area contributed by atoms with E-state index in [9.17, 15) is 9.59 Å². The number of halogens is 1. The van der Waals surface area contributed by atoms with Gasteiger partial charge in [0, 0.05) is 37.4 Å². The lowest BCUT2D eigenvalue weighted by atomic mass is 10.2. The molecule has 0 radical (unpaired) electrons. The van der Waals surface area contributed by atoms with E-state index in [0.29, 0.717) is 29.6 Å². The molecule has 2 amide bonds. The van der Waals surface area contributed by atoms with Gasteiger partial charge in [-0.05, 0) is 26.0 Å². The van der Waals surface area contributed by atoms with Crippen LogP contribution in [0.4, 0.5) is 0 Å². The number of aromatic nitrogens is 1. The minimum Gasteiger partial charge on any atom is -0.441 e. The zero-order chi connectivity index (χ0) is 18.2. The first-order valence-electron chi connectivity index (χ1n) is 8.21. The fourth-order valence-corrected chi connectivity index (χ4v) is 2.46. The van der Waals surface area contributed by atoms with E-state index in [4.69, 9.17) is 16.0 Å². The molecule has 1 aromatic carbocycles. The number of nitrogens with zero attached hydrogens (tertiary/aromatic N) is 1. The van der Waals surface area contributed by atoms with Gasteiger partial charge in [0.05, 0.1) is 11.2 Å². The number of hydrogen-bond donors (Lipinski definition) is 2. The highest BCUT2D eigenvalue weighted by atomic mass is 35.5. The summed E-state index contributed by atoms with van der Waals surface area (Å²) in [6, 6.07) is 7.44. The molecule has 0 aliphatic rings. The third-order valence-corrected chi connectivity index (χ3v) is 3.71. The number of rotatable bonds is 8. The maximum atomic E-state index is 11.8. The largest absolute Gasteiger partial charge is 0.441 e. The summed E-state index contributed by atoms with van der Waals surface area (Å²) in [7, 11) is 0. The highest BCUT2D eigenvalue weighted by molar-refractivity contribution is 6.33. The molecular formula is C18H22ClN3O3. The molecular weight excluding hydrogens is 342 g/mol. The van der Waals surface area contributed by atoms with Gasteiger partial charge in [-0.2, -0.15) is 0 Å². The van der Waals surface area contributed by atoms with Crippen LogP contribution < -0.4 is 10.6 Å². The van der Waals surface area contributed by atoms with Gasteiger partial charge in [-0.15, -0.1) is 0 Å². The quantitative estimate of drug-likeness (QED) is 0.755. The van der Waals surface area contributed by atoms with E-state index in [1.165, 1.54) is 0 Å². The number of aryl methyl sites for hydroxylation is 1. The first kappa shape index (κ1) is 19.0. The van der Waals surface area contributed by atoms with Crippen molar-refractivity contribution in [3.05, 3.63) is 41.4 Å². The van der Waals surface area contributed by atoms with Crippen molar-refractivity contribution in [3.8, 4) is 11.3 Å². The van der Waals surface area contributed by atoms with E-state index in [1.807, 2.05) is 32.0 Å². The summed E-state index contributed by atoms with van der Waals surface area (Å²) in [6.45, 7) is 4.10. The van der Waals surface area contributed by atoms with Gasteiger partial charge in [0.15, 0.2) is 11.7 Å². The highest BCUT2D eigenvalue weighted by Gasteiger charge is 2.11. The number of amides is 2. The van der Waals surface area contributed by atoms with Crippen LogP contribution in [-0.4, -0.2) is 29.4 Å². The molecule has 2 rings (SSSR count). The monoisotopic (exact) mass is 363 g/mol. The smallest absolute Gasteiger partial charge is 0.221 e. The van der Waals surface area contributed by atoms with Crippen molar-refractivity contribution in [2.24, 2.45) is 0 Å². The molecule has 0 atom stereocenters. The van der Waals surface area contributed by atoms with Crippen LogP contribution in [0, 0.1) is 0 Å². The van der Waals surface area contributed by atoms with Crippen molar-refractivity contribution < 1.29 is 14.0 Å². The summed E-state index contributed by atoms with van der Waals surface area (Å²) >= 11 is 6.13. The SMILES string of the molecule is CC(C)NC(=O)CCNC(=O)CCc1ncc(-c2ccccc2Cl)o1. The van der Waals surface area contributed by atoms with Crippen LogP contribution in [0.1, 0.15) is 32.6 Å². The molecule has 1 heterocycles. The zero-order valence-electron chi connectivity index (χ0n) is 14.3. The first-order chi connectivity index (χ1) is 12.0. The molecule has 0 bridgehead atoms. The van der Waals surface area contributed by atoms with Gasteiger partial charge in [-0.3, -0.25) is 9.59 Å². The predicted octanol–water partition coefficient (Wildman–Crippen LogP) is 2.96. The maximum absolute atomic E-state index is 11.8. The third kappa shape index (κ3) is 6.23. The van der Waals surface area contributed by atoms with E-state index in [2.05, 4.69) is 15.6 Å². The first-order valence-corrected chi connectivity index (χ1v) is 8.59. The molecule has 2 N–H and O–H groups in total. The molecule has 0 unspecified atom stereocenters. The van der Waals surface area contributed by atoms with Gasteiger partial charge in [0.1, 0.15) is 0 Å². The molecule has 0 saturated carbocycles. The Morgan fingerprint density at radius 3 is 2.68 bits per heavy atom. The van der Waals surface area contributed by atoms with Crippen LogP contribution in [0.5, 0.6) is 0 Å². The Morgan fingerprint density at radius 2 is 1.96 bits per heavy atom.